The van der Waals surface area contributed by atoms with Crippen LogP contribution in [0.25, 0.3) is 9.88 Å². The Morgan fingerprint density at radius 3 is 2.53 bits per heavy atom. The number of rotatable bonds is 3. The highest BCUT2D eigenvalue weighted by atomic mass is 35.5. The number of aromatic nitrogens is 2. The van der Waals surface area contributed by atoms with Crippen molar-refractivity contribution in [3.8, 4) is 9.88 Å². The predicted molar refractivity (Wildman–Crippen MR) is 82.4 cm³/mol. The van der Waals surface area contributed by atoms with Gasteiger partial charge in [0.25, 0.3) is 0 Å². The monoisotopic (exact) mass is 326 g/mol. The summed E-state index contributed by atoms with van der Waals surface area (Å²) in [7, 11) is 0. The molecular formula is C13H8Cl2N2S2. The van der Waals surface area contributed by atoms with Gasteiger partial charge in [-0.1, -0.05) is 53.3 Å². The van der Waals surface area contributed by atoms with Crippen molar-refractivity contribution in [2.75, 3.05) is 0 Å². The van der Waals surface area contributed by atoms with Gasteiger partial charge >= 0.3 is 0 Å². The molecule has 0 spiro atoms. The summed E-state index contributed by atoms with van der Waals surface area (Å²) in [4.78, 5) is 0.947. The maximum absolute atomic E-state index is 6.42. The average molecular weight is 327 g/mol. The van der Waals surface area contributed by atoms with E-state index < -0.39 is 0 Å². The van der Waals surface area contributed by atoms with Gasteiger partial charge in [-0.05, 0) is 17.0 Å². The second-order valence-corrected chi connectivity index (χ2v) is 6.59. The predicted octanol–water partition coefficient (Wildman–Crippen LogP) is 5.25. The van der Waals surface area contributed by atoms with Gasteiger partial charge < -0.3 is 0 Å². The fourth-order valence-electron chi connectivity index (χ4n) is 1.64. The second-order valence-electron chi connectivity index (χ2n) is 3.82. The highest BCUT2D eigenvalue weighted by molar-refractivity contribution is 7.21. The smallest absolute Gasteiger partial charge is 0.141 e. The molecule has 19 heavy (non-hydrogen) atoms. The SMILES string of the molecule is Clc1ccsc1-c1nnc(C(Cl)c2ccccc2)s1. The van der Waals surface area contributed by atoms with E-state index in [9.17, 15) is 0 Å². The number of thiophene rings is 1. The molecule has 2 aromatic heterocycles. The van der Waals surface area contributed by atoms with Gasteiger partial charge in [0.05, 0.1) is 9.90 Å². The first kappa shape index (κ1) is 13.1. The van der Waals surface area contributed by atoms with Gasteiger partial charge in [-0.2, -0.15) is 0 Å². The highest BCUT2D eigenvalue weighted by Crippen LogP contribution is 2.38. The number of alkyl halides is 1. The lowest BCUT2D eigenvalue weighted by molar-refractivity contribution is 0.989. The number of hydrogen-bond acceptors (Lipinski definition) is 4. The second kappa shape index (κ2) is 5.59. The summed E-state index contributed by atoms with van der Waals surface area (Å²) < 4.78 is 0. The van der Waals surface area contributed by atoms with Crippen LogP contribution in [0.2, 0.25) is 5.02 Å². The minimum atomic E-state index is -0.272. The van der Waals surface area contributed by atoms with Crippen LogP contribution in [0.15, 0.2) is 41.8 Å². The Labute approximate surface area is 128 Å². The molecule has 6 heteroatoms. The van der Waals surface area contributed by atoms with Crippen molar-refractivity contribution in [3.05, 3.63) is 57.4 Å². The molecule has 2 heterocycles. The summed E-state index contributed by atoms with van der Waals surface area (Å²) in [6.07, 6.45) is 0. The third-order valence-corrected chi connectivity index (χ3v) is 5.63. The van der Waals surface area contributed by atoms with E-state index in [1.807, 2.05) is 41.8 Å². The van der Waals surface area contributed by atoms with Gasteiger partial charge in [-0.3, -0.25) is 0 Å². The first-order valence-electron chi connectivity index (χ1n) is 5.51. The average Bonchev–Trinajstić information content (AvgIpc) is 3.07. The van der Waals surface area contributed by atoms with Crippen LogP contribution in [0.1, 0.15) is 15.9 Å². The maximum atomic E-state index is 6.42. The van der Waals surface area contributed by atoms with Crippen LogP contribution in [-0.4, -0.2) is 10.2 Å². The quantitative estimate of drug-likeness (QED) is 0.614. The highest BCUT2D eigenvalue weighted by Gasteiger charge is 2.18. The molecule has 1 aromatic carbocycles. The molecule has 3 rings (SSSR count). The van der Waals surface area contributed by atoms with Crippen molar-refractivity contribution < 1.29 is 0 Å². The summed E-state index contributed by atoms with van der Waals surface area (Å²) in [6, 6.07) is 11.7. The van der Waals surface area contributed by atoms with Crippen molar-refractivity contribution >= 4 is 45.9 Å². The van der Waals surface area contributed by atoms with Gasteiger partial charge in [-0.15, -0.1) is 33.1 Å². The molecule has 0 bridgehead atoms. The largest absolute Gasteiger partial charge is 0.159 e. The molecule has 0 aliphatic heterocycles. The number of halogens is 2. The third-order valence-electron chi connectivity index (χ3n) is 2.56. The van der Waals surface area contributed by atoms with E-state index in [0.717, 1.165) is 20.5 Å². The zero-order valence-corrected chi connectivity index (χ0v) is 12.7. The van der Waals surface area contributed by atoms with E-state index in [2.05, 4.69) is 10.2 Å². The van der Waals surface area contributed by atoms with Crippen LogP contribution in [0.5, 0.6) is 0 Å². The first-order valence-corrected chi connectivity index (χ1v) is 8.02. The molecule has 1 unspecified atom stereocenters. The number of benzene rings is 1. The normalized spacial score (nSPS) is 12.5. The summed E-state index contributed by atoms with van der Waals surface area (Å²) in [6.45, 7) is 0. The first-order chi connectivity index (χ1) is 9.25. The molecule has 3 aromatic rings. The Morgan fingerprint density at radius 2 is 1.84 bits per heavy atom. The van der Waals surface area contributed by atoms with Crippen LogP contribution >= 0.6 is 45.9 Å². The minimum Gasteiger partial charge on any atom is -0.141 e. The molecular weight excluding hydrogens is 319 g/mol. The summed E-state index contributed by atoms with van der Waals surface area (Å²) in [5.74, 6) is 0. The molecule has 0 aliphatic rings. The summed E-state index contributed by atoms with van der Waals surface area (Å²) >= 11 is 15.6. The van der Waals surface area contributed by atoms with Crippen molar-refractivity contribution in [2.45, 2.75) is 5.38 Å². The lowest BCUT2D eigenvalue weighted by Crippen LogP contribution is -1.91. The molecule has 0 saturated carbocycles. The molecule has 96 valence electrons. The van der Waals surface area contributed by atoms with Crippen LogP contribution in [-0.2, 0) is 0 Å². The maximum Gasteiger partial charge on any atom is 0.159 e. The molecule has 0 fully saturated rings. The Kier molecular flexibility index (Phi) is 3.84. The lowest BCUT2D eigenvalue weighted by Gasteiger charge is -2.04. The number of nitrogens with zero attached hydrogens (tertiary/aromatic N) is 2. The fourth-order valence-corrected chi connectivity index (χ4v) is 4.11. The standard InChI is InChI=1S/C13H8Cl2N2S2/c14-9-6-7-18-11(9)13-17-16-12(19-13)10(15)8-4-2-1-3-5-8/h1-7,10H. The third kappa shape index (κ3) is 2.67. The lowest BCUT2D eigenvalue weighted by atomic mass is 10.1. The Morgan fingerprint density at radius 1 is 1.05 bits per heavy atom. The van der Waals surface area contributed by atoms with E-state index in [1.54, 1.807) is 11.3 Å². The zero-order valence-electron chi connectivity index (χ0n) is 9.59. The van der Waals surface area contributed by atoms with Crippen molar-refractivity contribution in [2.24, 2.45) is 0 Å². The molecule has 0 N–H and O–H groups in total. The van der Waals surface area contributed by atoms with Crippen molar-refractivity contribution in [1.29, 1.82) is 0 Å². The molecule has 0 saturated heterocycles. The number of hydrogen-bond donors (Lipinski definition) is 0. The van der Waals surface area contributed by atoms with Crippen LogP contribution in [0, 0.1) is 0 Å². The fraction of sp³-hybridized carbons (Fsp3) is 0.0769. The Balaban J connectivity index is 1.92. The topological polar surface area (TPSA) is 25.8 Å². The van der Waals surface area contributed by atoms with Gasteiger partial charge in [0.2, 0.25) is 0 Å². The van der Waals surface area contributed by atoms with Crippen molar-refractivity contribution in [1.82, 2.24) is 10.2 Å². The van der Waals surface area contributed by atoms with E-state index in [4.69, 9.17) is 23.2 Å². The van der Waals surface area contributed by atoms with E-state index in [1.165, 1.54) is 11.3 Å². The van der Waals surface area contributed by atoms with Crippen LogP contribution < -0.4 is 0 Å². The molecule has 0 amide bonds. The molecule has 1 atom stereocenters. The van der Waals surface area contributed by atoms with Gasteiger partial charge in [0, 0.05) is 0 Å². The van der Waals surface area contributed by atoms with E-state index in [0.29, 0.717) is 5.02 Å². The zero-order chi connectivity index (χ0) is 13.2. The van der Waals surface area contributed by atoms with Crippen LogP contribution in [0.3, 0.4) is 0 Å². The van der Waals surface area contributed by atoms with Crippen LogP contribution in [0.4, 0.5) is 0 Å². The van der Waals surface area contributed by atoms with Crippen molar-refractivity contribution in [3.63, 3.8) is 0 Å². The summed E-state index contributed by atoms with van der Waals surface area (Å²) in [5, 5.41) is 12.3. The molecule has 0 radical (unpaired) electrons. The Hall–Kier alpha value is -0.940. The van der Waals surface area contributed by atoms with E-state index in [-0.39, 0.29) is 5.38 Å². The Bertz CT molecular complexity index is 679. The minimum absolute atomic E-state index is 0.272. The summed E-state index contributed by atoms with van der Waals surface area (Å²) in [5.41, 5.74) is 1.02. The van der Waals surface area contributed by atoms with Gasteiger partial charge in [0.15, 0.2) is 5.01 Å². The van der Waals surface area contributed by atoms with Gasteiger partial charge in [-0.25, -0.2) is 0 Å². The molecule has 0 aliphatic carbocycles. The van der Waals surface area contributed by atoms with E-state index >= 15 is 0 Å². The van der Waals surface area contributed by atoms with Gasteiger partial charge in [0.1, 0.15) is 10.4 Å². The molecule has 2 nitrogen and oxygen atoms in total.